The molecule has 7 nitrogen and oxygen atoms in total. The lowest BCUT2D eigenvalue weighted by atomic mass is 10.2. The van der Waals surface area contributed by atoms with E-state index in [9.17, 15) is 9.59 Å². The van der Waals surface area contributed by atoms with Crippen LogP contribution in [0.3, 0.4) is 0 Å². The summed E-state index contributed by atoms with van der Waals surface area (Å²) in [6, 6.07) is 6.46. The zero-order valence-electron chi connectivity index (χ0n) is 14.1. The van der Waals surface area contributed by atoms with Crippen molar-refractivity contribution in [3.8, 4) is 0 Å². The molecule has 2 aromatic heterocycles. The molecule has 0 fully saturated rings. The number of fused-ring (bicyclic) bond motifs is 2. The van der Waals surface area contributed by atoms with Crippen LogP contribution >= 0.6 is 0 Å². The molecule has 25 heavy (non-hydrogen) atoms. The van der Waals surface area contributed by atoms with Crippen molar-refractivity contribution < 1.29 is 9.21 Å². The number of hydrogen-bond donors (Lipinski definition) is 0. The predicted molar refractivity (Wildman–Crippen MR) is 90.8 cm³/mol. The summed E-state index contributed by atoms with van der Waals surface area (Å²) >= 11 is 0. The van der Waals surface area contributed by atoms with Crippen LogP contribution in [0, 0.1) is 0 Å². The van der Waals surface area contributed by atoms with Gasteiger partial charge in [0.25, 0.3) is 0 Å². The quantitative estimate of drug-likeness (QED) is 0.730. The van der Waals surface area contributed by atoms with Gasteiger partial charge < -0.3 is 9.32 Å². The average Bonchev–Trinajstić information content (AvgIpc) is 3.19. The van der Waals surface area contributed by atoms with Crippen molar-refractivity contribution in [1.82, 2.24) is 19.4 Å². The summed E-state index contributed by atoms with van der Waals surface area (Å²) in [5.41, 5.74) is 2.95. The van der Waals surface area contributed by atoms with E-state index in [4.69, 9.17) is 4.42 Å². The van der Waals surface area contributed by atoms with Gasteiger partial charge in [0.05, 0.1) is 17.8 Å². The molecule has 3 heterocycles. The maximum atomic E-state index is 12.9. The number of aryl methyl sites for hydroxylation is 1. The number of nitrogens with zero attached hydrogens (tertiary/aromatic N) is 4. The van der Waals surface area contributed by atoms with Crippen molar-refractivity contribution in [1.29, 1.82) is 0 Å². The van der Waals surface area contributed by atoms with E-state index in [1.54, 1.807) is 36.2 Å². The molecule has 0 aliphatic carbocycles. The Hall–Kier alpha value is -2.96. The lowest BCUT2D eigenvalue weighted by Gasteiger charge is -2.20. The van der Waals surface area contributed by atoms with Crippen LogP contribution in [0.5, 0.6) is 0 Å². The van der Waals surface area contributed by atoms with Crippen molar-refractivity contribution in [2.24, 2.45) is 0 Å². The Morgan fingerprint density at radius 2 is 2.12 bits per heavy atom. The molecule has 0 unspecified atom stereocenters. The fourth-order valence-electron chi connectivity index (χ4n) is 3.25. The lowest BCUT2D eigenvalue weighted by Crippen LogP contribution is -2.35. The zero-order chi connectivity index (χ0) is 17.6. The van der Waals surface area contributed by atoms with Crippen molar-refractivity contribution in [3.63, 3.8) is 0 Å². The van der Waals surface area contributed by atoms with Crippen LogP contribution in [0.15, 0.2) is 39.7 Å². The van der Waals surface area contributed by atoms with Gasteiger partial charge in [-0.2, -0.15) is 0 Å². The highest BCUT2D eigenvalue weighted by molar-refractivity contribution is 5.83. The predicted octanol–water partition coefficient (Wildman–Crippen LogP) is 2.05. The summed E-state index contributed by atoms with van der Waals surface area (Å²) in [4.78, 5) is 35.6. The summed E-state index contributed by atoms with van der Waals surface area (Å²) in [6.45, 7) is 4.63. The van der Waals surface area contributed by atoms with Gasteiger partial charge in [-0.15, -0.1) is 0 Å². The van der Waals surface area contributed by atoms with Crippen LogP contribution in [-0.4, -0.2) is 25.3 Å². The Balaban J connectivity index is 1.63. The molecule has 1 aliphatic heterocycles. The molecule has 0 bridgehead atoms. The summed E-state index contributed by atoms with van der Waals surface area (Å²) in [7, 11) is 0. The maximum absolute atomic E-state index is 12.9. The van der Waals surface area contributed by atoms with Crippen LogP contribution in [0.2, 0.25) is 0 Å². The van der Waals surface area contributed by atoms with Gasteiger partial charge in [-0.1, -0.05) is 19.1 Å². The Bertz CT molecular complexity index is 1020. The molecule has 3 aromatic rings. The summed E-state index contributed by atoms with van der Waals surface area (Å²) in [6.07, 6.45) is 2.55. The highest BCUT2D eigenvalue weighted by Gasteiger charge is 2.30. The van der Waals surface area contributed by atoms with Gasteiger partial charge in [0, 0.05) is 24.7 Å². The minimum Gasteiger partial charge on any atom is -0.408 e. The molecular formula is C18H18N4O3. The minimum atomic E-state index is -0.649. The van der Waals surface area contributed by atoms with Crippen molar-refractivity contribution >= 4 is 17.0 Å². The number of aromatic nitrogens is 3. The smallest absolute Gasteiger partial charge is 0.408 e. The van der Waals surface area contributed by atoms with E-state index in [0.717, 1.165) is 23.5 Å². The third-order valence-corrected chi connectivity index (χ3v) is 4.60. The van der Waals surface area contributed by atoms with Gasteiger partial charge in [0.1, 0.15) is 11.9 Å². The first kappa shape index (κ1) is 15.6. The highest BCUT2D eigenvalue weighted by Crippen LogP contribution is 2.25. The molecule has 4 rings (SSSR count). The van der Waals surface area contributed by atoms with E-state index < -0.39 is 11.8 Å². The fourth-order valence-corrected chi connectivity index (χ4v) is 3.25. The second-order valence-corrected chi connectivity index (χ2v) is 6.19. The molecule has 0 saturated carbocycles. The Morgan fingerprint density at radius 1 is 1.32 bits per heavy atom. The van der Waals surface area contributed by atoms with E-state index in [1.807, 2.05) is 13.0 Å². The van der Waals surface area contributed by atoms with Crippen LogP contribution in [0.25, 0.3) is 11.1 Å². The van der Waals surface area contributed by atoms with E-state index in [0.29, 0.717) is 24.2 Å². The molecule has 1 amide bonds. The van der Waals surface area contributed by atoms with Crippen LogP contribution in [0.4, 0.5) is 0 Å². The maximum Gasteiger partial charge on any atom is 0.420 e. The number of carbonyl (C=O) groups excluding carboxylic acids is 1. The lowest BCUT2D eigenvalue weighted by molar-refractivity contribution is -0.135. The zero-order valence-corrected chi connectivity index (χ0v) is 14.1. The van der Waals surface area contributed by atoms with E-state index >= 15 is 0 Å². The minimum absolute atomic E-state index is 0.135. The molecule has 1 atom stereocenters. The van der Waals surface area contributed by atoms with E-state index in [-0.39, 0.29) is 5.91 Å². The summed E-state index contributed by atoms with van der Waals surface area (Å²) < 4.78 is 6.65. The third-order valence-electron chi connectivity index (χ3n) is 4.60. The Kier molecular flexibility index (Phi) is 3.63. The number of oxazole rings is 1. The standard InChI is InChI=1S/C18H18N4O3/c1-3-16-19-8-12-9-21(10-13(12)20-16)17(23)11(2)22-14-6-4-5-7-15(14)25-18(22)24/h4-8,11H,3,9-10H2,1-2H3/t11-/m1/s1. The van der Waals surface area contributed by atoms with Crippen molar-refractivity contribution in [3.05, 3.63) is 58.1 Å². The van der Waals surface area contributed by atoms with Gasteiger partial charge in [-0.3, -0.25) is 9.36 Å². The molecule has 128 valence electrons. The van der Waals surface area contributed by atoms with Crippen molar-refractivity contribution in [2.45, 2.75) is 39.4 Å². The molecule has 0 saturated heterocycles. The SMILES string of the molecule is CCc1ncc2c(n1)CN(C(=O)[C@@H](C)n1c(=O)oc3ccccc31)C2. The van der Waals surface area contributed by atoms with Gasteiger partial charge in [-0.25, -0.2) is 14.8 Å². The van der Waals surface area contributed by atoms with Crippen molar-refractivity contribution in [2.75, 3.05) is 0 Å². The average molecular weight is 338 g/mol. The van der Waals surface area contributed by atoms with Crippen LogP contribution < -0.4 is 5.76 Å². The monoisotopic (exact) mass is 338 g/mol. The topological polar surface area (TPSA) is 81.2 Å². The van der Waals surface area contributed by atoms with E-state index in [2.05, 4.69) is 9.97 Å². The molecule has 1 aromatic carbocycles. The number of hydrogen-bond acceptors (Lipinski definition) is 5. The summed E-state index contributed by atoms with van der Waals surface area (Å²) in [5.74, 6) is 0.120. The first-order chi connectivity index (χ1) is 12.1. The second kappa shape index (κ2) is 5.84. The number of para-hydroxylation sites is 2. The number of benzene rings is 1. The first-order valence-corrected chi connectivity index (χ1v) is 8.31. The normalized spacial score (nSPS) is 14.7. The molecule has 7 heteroatoms. The Morgan fingerprint density at radius 3 is 2.92 bits per heavy atom. The number of rotatable bonds is 3. The first-order valence-electron chi connectivity index (χ1n) is 8.31. The third kappa shape index (κ3) is 2.52. The van der Waals surface area contributed by atoms with Gasteiger partial charge in [-0.05, 0) is 19.1 Å². The van der Waals surface area contributed by atoms with Gasteiger partial charge in [0.15, 0.2) is 5.58 Å². The highest BCUT2D eigenvalue weighted by atomic mass is 16.4. The molecule has 0 N–H and O–H groups in total. The van der Waals surface area contributed by atoms with Gasteiger partial charge in [0.2, 0.25) is 5.91 Å². The molecular weight excluding hydrogens is 320 g/mol. The fraction of sp³-hybridized carbons (Fsp3) is 0.333. The summed E-state index contributed by atoms with van der Waals surface area (Å²) in [5, 5.41) is 0. The largest absolute Gasteiger partial charge is 0.420 e. The molecule has 0 spiro atoms. The number of amides is 1. The van der Waals surface area contributed by atoms with Crippen LogP contribution in [0.1, 0.15) is 37.0 Å². The second-order valence-electron chi connectivity index (χ2n) is 6.19. The van der Waals surface area contributed by atoms with E-state index in [1.165, 1.54) is 4.57 Å². The Labute approximate surface area is 143 Å². The molecule has 0 radical (unpaired) electrons. The van der Waals surface area contributed by atoms with Crippen LogP contribution in [-0.2, 0) is 24.3 Å². The molecule has 1 aliphatic rings. The number of carbonyl (C=O) groups is 1. The van der Waals surface area contributed by atoms with Gasteiger partial charge >= 0.3 is 5.76 Å².